The first-order valence-corrected chi connectivity index (χ1v) is 5.72. The molecular weight excluding hydrogens is 218 g/mol. The molecule has 0 aliphatic heterocycles. The molecule has 0 aliphatic rings. The van der Waals surface area contributed by atoms with Crippen LogP contribution in [0.25, 0.3) is 0 Å². The minimum Gasteiger partial charge on any atom is -0.508 e. The molecule has 2 N–H and O–H groups in total. The van der Waals surface area contributed by atoms with Crippen LogP contribution in [0.3, 0.4) is 0 Å². The molecular formula is C13H19NO3. The summed E-state index contributed by atoms with van der Waals surface area (Å²) in [4.78, 5) is 11.5. The largest absolute Gasteiger partial charge is 0.508 e. The fourth-order valence-electron chi connectivity index (χ4n) is 1.44. The first-order valence-electron chi connectivity index (χ1n) is 5.72. The highest BCUT2D eigenvalue weighted by atomic mass is 16.5. The van der Waals surface area contributed by atoms with Crippen molar-refractivity contribution in [1.29, 1.82) is 0 Å². The normalized spacial score (nSPS) is 10.2. The van der Waals surface area contributed by atoms with Crippen molar-refractivity contribution in [2.75, 3.05) is 19.0 Å². The van der Waals surface area contributed by atoms with Gasteiger partial charge in [-0.1, -0.05) is 6.07 Å². The van der Waals surface area contributed by atoms with E-state index in [4.69, 9.17) is 4.74 Å². The van der Waals surface area contributed by atoms with E-state index in [0.717, 1.165) is 18.4 Å². The summed E-state index contributed by atoms with van der Waals surface area (Å²) in [5.74, 6) is 0.159. The van der Waals surface area contributed by atoms with E-state index in [0.29, 0.717) is 18.7 Å². The third-order valence-corrected chi connectivity index (χ3v) is 2.50. The zero-order valence-electron chi connectivity index (χ0n) is 10.3. The fraction of sp³-hybridized carbons (Fsp3) is 0.462. The molecule has 4 heteroatoms. The predicted molar refractivity (Wildman–Crippen MR) is 67.2 cm³/mol. The number of phenols is 1. The van der Waals surface area contributed by atoms with Crippen LogP contribution < -0.4 is 5.32 Å². The monoisotopic (exact) mass is 237 g/mol. The van der Waals surface area contributed by atoms with Crippen LogP contribution in [0.4, 0.5) is 5.69 Å². The maximum atomic E-state index is 11.5. The Labute approximate surface area is 102 Å². The van der Waals surface area contributed by atoms with Gasteiger partial charge in [-0.15, -0.1) is 0 Å². The number of rotatable bonds is 6. The standard InChI is InChI=1S/C13H19NO3/c1-10-6-7-11(9-12(10)15)14-13(16)5-3-4-8-17-2/h6-7,9,15H,3-5,8H2,1-2H3,(H,14,16). The molecule has 0 atom stereocenters. The first kappa shape index (κ1) is 13.5. The second-order valence-electron chi connectivity index (χ2n) is 4.00. The topological polar surface area (TPSA) is 58.6 Å². The lowest BCUT2D eigenvalue weighted by atomic mass is 10.2. The Morgan fingerprint density at radius 3 is 2.82 bits per heavy atom. The van der Waals surface area contributed by atoms with Gasteiger partial charge in [-0.25, -0.2) is 0 Å². The average Bonchev–Trinajstić information content (AvgIpc) is 2.30. The number of carbonyl (C=O) groups excluding carboxylic acids is 1. The lowest BCUT2D eigenvalue weighted by Crippen LogP contribution is -2.11. The number of amides is 1. The summed E-state index contributed by atoms with van der Waals surface area (Å²) >= 11 is 0. The van der Waals surface area contributed by atoms with Crippen molar-refractivity contribution < 1.29 is 14.6 Å². The molecule has 0 saturated heterocycles. The first-order chi connectivity index (χ1) is 8.13. The molecule has 1 amide bonds. The van der Waals surface area contributed by atoms with Gasteiger partial charge < -0.3 is 15.2 Å². The van der Waals surface area contributed by atoms with Gasteiger partial charge >= 0.3 is 0 Å². The zero-order chi connectivity index (χ0) is 12.7. The minimum absolute atomic E-state index is 0.0376. The smallest absolute Gasteiger partial charge is 0.224 e. The Hall–Kier alpha value is -1.55. The average molecular weight is 237 g/mol. The van der Waals surface area contributed by atoms with Crippen molar-refractivity contribution >= 4 is 11.6 Å². The molecule has 1 aromatic carbocycles. The van der Waals surface area contributed by atoms with Crippen molar-refractivity contribution in [3.63, 3.8) is 0 Å². The SMILES string of the molecule is COCCCCC(=O)Nc1ccc(C)c(O)c1. The van der Waals surface area contributed by atoms with E-state index in [1.165, 1.54) is 0 Å². The number of methoxy groups -OCH3 is 1. The Morgan fingerprint density at radius 2 is 2.18 bits per heavy atom. The summed E-state index contributed by atoms with van der Waals surface area (Å²) in [6, 6.07) is 5.11. The highest BCUT2D eigenvalue weighted by Gasteiger charge is 2.03. The van der Waals surface area contributed by atoms with Crippen molar-refractivity contribution in [3.05, 3.63) is 23.8 Å². The van der Waals surface area contributed by atoms with E-state index in [1.54, 1.807) is 25.3 Å². The van der Waals surface area contributed by atoms with Crippen LogP contribution in [-0.4, -0.2) is 24.7 Å². The molecule has 0 spiro atoms. The van der Waals surface area contributed by atoms with Crippen LogP contribution in [-0.2, 0) is 9.53 Å². The summed E-state index contributed by atoms with van der Waals surface area (Å²) in [6.45, 7) is 2.49. The molecule has 0 aliphatic carbocycles. The molecule has 0 radical (unpaired) electrons. The number of hydrogen-bond acceptors (Lipinski definition) is 3. The van der Waals surface area contributed by atoms with Crippen LogP contribution in [0.15, 0.2) is 18.2 Å². The van der Waals surface area contributed by atoms with Crippen molar-refractivity contribution in [2.45, 2.75) is 26.2 Å². The van der Waals surface area contributed by atoms with Crippen LogP contribution in [0.5, 0.6) is 5.75 Å². The van der Waals surface area contributed by atoms with Gasteiger partial charge in [0.2, 0.25) is 5.91 Å². The molecule has 0 saturated carbocycles. The van der Waals surface area contributed by atoms with E-state index in [-0.39, 0.29) is 11.7 Å². The molecule has 0 aromatic heterocycles. The Kier molecular flexibility index (Phi) is 5.49. The molecule has 4 nitrogen and oxygen atoms in total. The summed E-state index contributed by atoms with van der Waals surface area (Å²) in [6.07, 6.45) is 2.15. The Bertz CT molecular complexity index is 377. The van der Waals surface area contributed by atoms with Gasteiger partial charge in [0.1, 0.15) is 5.75 Å². The number of anilines is 1. The molecule has 1 aromatic rings. The zero-order valence-corrected chi connectivity index (χ0v) is 10.3. The Morgan fingerprint density at radius 1 is 1.41 bits per heavy atom. The third kappa shape index (κ3) is 4.87. The van der Waals surface area contributed by atoms with E-state index < -0.39 is 0 Å². The van der Waals surface area contributed by atoms with Gasteiger partial charge in [0, 0.05) is 31.9 Å². The Balaban J connectivity index is 2.37. The molecule has 17 heavy (non-hydrogen) atoms. The van der Waals surface area contributed by atoms with Crippen LogP contribution >= 0.6 is 0 Å². The maximum Gasteiger partial charge on any atom is 0.224 e. The highest BCUT2D eigenvalue weighted by Crippen LogP contribution is 2.20. The van der Waals surface area contributed by atoms with Gasteiger partial charge in [-0.2, -0.15) is 0 Å². The van der Waals surface area contributed by atoms with Crippen LogP contribution in [0.1, 0.15) is 24.8 Å². The van der Waals surface area contributed by atoms with Crippen LogP contribution in [0, 0.1) is 6.92 Å². The lowest BCUT2D eigenvalue weighted by Gasteiger charge is -2.06. The van der Waals surface area contributed by atoms with Gasteiger partial charge in [0.15, 0.2) is 0 Å². The molecule has 94 valence electrons. The van der Waals surface area contributed by atoms with Crippen molar-refractivity contribution in [1.82, 2.24) is 0 Å². The van der Waals surface area contributed by atoms with Crippen LogP contribution in [0.2, 0.25) is 0 Å². The van der Waals surface area contributed by atoms with E-state index >= 15 is 0 Å². The third-order valence-electron chi connectivity index (χ3n) is 2.50. The molecule has 0 fully saturated rings. The molecule has 1 rings (SSSR count). The maximum absolute atomic E-state index is 11.5. The summed E-state index contributed by atoms with van der Waals surface area (Å²) in [5.41, 5.74) is 1.42. The summed E-state index contributed by atoms with van der Waals surface area (Å²) in [7, 11) is 1.65. The van der Waals surface area contributed by atoms with Crippen molar-refractivity contribution in [2.24, 2.45) is 0 Å². The number of hydrogen-bond donors (Lipinski definition) is 2. The fourth-order valence-corrected chi connectivity index (χ4v) is 1.44. The van der Waals surface area contributed by atoms with Gasteiger partial charge in [0.25, 0.3) is 0 Å². The lowest BCUT2D eigenvalue weighted by molar-refractivity contribution is -0.116. The van der Waals surface area contributed by atoms with Gasteiger partial charge in [0.05, 0.1) is 0 Å². The highest BCUT2D eigenvalue weighted by molar-refractivity contribution is 5.90. The molecule has 0 unspecified atom stereocenters. The van der Waals surface area contributed by atoms with Gasteiger partial charge in [-0.3, -0.25) is 4.79 Å². The number of nitrogens with one attached hydrogen (secondary N) is 1. The minimum atomic E-state index is -0.0376. The number of aromatic hydroxyl groups is 1. The van der Waals surface area contributed by atoms with E-state index in [9.17, 15) is 9.90 Å². The quantitative estimate of drug-likeness (QED) is 0.747. The van der Waals surface area contributed by atoms with E-state index in [1.807, 2.05) is 6.92 Å². The number of unbranched alkanes of at least 4 members (excludes halogenated alkanes) is 1. The number of aryl methyl sites for hydroxylation is 1. The number of ether oxygens (including phenoxy) is 1. The predicted octanol–water partition coefficient (Wildman–Crippen LogP) is 2.46. The molecule has 0 bridgehead atoms. The number of carbonyl (C=O) groups is 1. The second-order valence-corrected chi connectivity index (χ2v) is 4.00. The van der Waals surface area contributed by atoms with Gasteiger partial charge in [-0.05, 0) is 31.4 Å². The number of phenolic OH excluding ortho intramolecular Hbond substituents is 1. The number of benzene rings is 1. The summed E-state index contributed by atoms with van der Waals surface area (Å²) in [5, 5.41) is 12.2. The van der Waals surface area contributed by atoms with E-state index in [2.05, 4.69) is 5.32 Å². The second kappa shape index (κ2) is 6.91. The molecule has 0 heterocycles. The summed E-state index contributed by atoms with van der Waals surface area (Å²) < 4.78 is 4.91. The van der Waals surface area contributed by atoms with Crippen molar-refractivity contribution in [3.8, 4) is 5.75 Å².